The van der Waals surface area contributed by atoms with E-state index in [-0.39, 0.29) is 5.91 Å². The van der Waals surface area contributed by atoms with Crippen LogP contribution < -0.4 is 0 Å². The molecule has 0 unspecified atom stereocenters. The molecule has 0 saturated carbocycles. The summed E-state index contributed by atoms with van der Waals surface area (Å²) in [7, 11) is 1.72. The molecule has 23 heavy (non-hydrogen) atoms. The summed E-state index contributed by atoms with van der Waals surface area (Å²) in [4.78, 5) is 16.2. The summed E-state index contributed by atoms with van der Waals surface area (Å²) in [6.07, 6.45) is 0. The number of carbonyl (C=O) groups excluding carboxylic acids is 1. The number of morpholine rings is 1. The molecular weight excluding hydrogens is 298 g/mol. The average molecular weight is 319 g/mol. The van der Waals surface area contributed by atoms with Crippen LogP contribution in [0.4, 0.5) is 0 Å². The Morgan fingerprint density at radius 3 is 2.78 bits per heavy atom. The van der Waals surface area contributed by atoms with Gasteiger partial charge in [0, 0.05) is 26.2 Å². The highest BCUT2D eigenvalue weighted by Crippen LogP contribution is 2.13. The van der Waals surface area contributed by atoms with Gasteiger partial charge in [-0.05, 0) is 19.1 Å². The van der Waals surface area contributed by atoms with Crippen molar-refractivity contribution in [2.45, 2.75) is 20.0 Å². The van der Waals surface area contributed by atoms with Gasteiger partial charge >= 0.3 is 0 Å². The smallest absolute Gasteiger partial charge is 0.276 e. The minimum atomic E-state index is -0.184. The van der Waals surface area contributed by atoms with Gasteiger partial charge in [-0.2, -0.15) is 0 Å². The Balaban J connectivity index is 1.58. The number of nitrogens with zero attached hydrogens (tertiary/aromatic N) is 3. The first-order chi connectivity index (χ1) is 11.1. The highest BCUT2D eigenvalue weighted by molar-refractivity contribution is 5.91. The molecule has 2 aromatic rings. The quantitative estimate of drug-likeness (QED) is 0.835. The Morgan fingerprint density at radius 2 is 2.09 bits per heavy atom. The van der Waals surface area contributed by atoms with E-state index in [1.54, 1.807) is 18.0 Å². The molecule has 7 heteroatoms. The summed E-state index contributed by atoms with van der Waals surface area (Å²) >= 11 is 0. The molecule has 2 aromatic heterocycles. The molecule has 1 saturated heterocycles. The van der Waals surface area contributed by atoms with Crippen LogP contribution in [-0.2, 0) is 17.8 Å². The fourth-order valence-corrected chi connectivity index (χ4v) is 2.54. The lowest BCUT2D eigenvalue weighted by Gasteiger charge is -2.25. The molecule has 0 aromatic carbocycles. The first kappa shape index (κ1) is 15.8. The highest BCUT2D eigenvalue weighted by atomic mass is 16.5. The number of hydrogen-bond acceptors (Lipinski definition) is 6. The van der Waals surface area contributed by atoms with Crippen molar-refractivity contribution in [2.24, 2.45) is 0 Å². The van der Waals surface area contributed by atoms with Crippen molar-refractivity contribution in [1.82, 2.24) is 15.0 Å². The number of carbonyl (C=O) groups is 1. The Kier molecular flexibility index (Phi) is 4.78. The topological polar surface area (TPSA) is 72.0 Å². The first-order valence-corrected chi connectivity index (χ1v) is 7.68. The van der Waals surface area contributed by atoms with Crippen LogP contribution in [0.15, 0.2) is 27.1 Å². The zero-order valence-corrected chi connectivity index (χ0v) is 13.4. The summed E-state index contributed by atoms with van der Waals surface area (Å²) in [5.74, 6) is 2.08. The van der Waals surface area contributed by atoms with E-state index >= 15 is 0 Å². The van der Waals surface area contributed by atoms with Crippen molar-refractivity contribution >= 4 is 5.91 Å². The van der Waals surface area contributed by atoms with Crippen molar-refractivity contribution in [1.29, 1.82) is 0 Å². The number of furan rings is 1. The van der Waals surface area contributed by atoms with Crippen LogP contribution in [0, 0.1) is 6.92 Å². The predicted octanol–water partition coefficient (Wildman–Crippen LogP) is 1.68. The molecule has 1 amide bonds. The zero-order chi connectivity index (χ0) is 16.2. The molecule has 1 fully saturated rings. The van der Waals surface area contributed by atoms with Crippen molar-refractivity contribution in [3.05, 3.63) is 41.2 Å². The maximum Gasteiger partial charge on any atom is 0.276 e. The van der Waals surface area contributed by atoms with Gasteiger partial charge in [0.15, 0.2) is 11.5 Å². The number of rotatable bonds is 5. The van der Waals surface area contributed by atoms with E-state index < -0.39 is 0 Å². The van der Waals surface area contributed by atoms with E-state index in [9.17, 15) is 4.79 Å². The van der Waals surface area contributed by atoms with E-state index in [1.807, 2.05) is 19.1 Å². The number of ether oxygens (including phenoxy) is 1. The van der Waals surface area contributed by atoms with Gasteiger partial charge in [0.2, 0.25) is 0 Å². The van der Waals surface area contributed by atoms with Gasteiger partial charge < -0.3 is 18.6 Å². The number of amides is 1. The lowest BCUT2D eigenvalue weighted by atomic mass is 10.3. The second-order valence-corrected chi connectivity index (χ2v) is 5.74. The summed E-state index contributed by atoms with van der Waals surface area (Å²) in [6.45, 7) is 6.10. The zero-order valence-electron chi connectivity index (χ0n) is 13.4. The third-order valence-corrected chi connectivity index (χ3v) is 3.80. The summed E-state index contributed by atoms with van der Waals surface area (Å²) in [6, 6.07) is 5.46. The summed E-state index contributed by atoms with van der Waals surface area (Å²) in [5.41, 5.74) is 0.319. The molecule has 124 valence electrons. The molecule has 1 aliphatic heterocycles. The third-order valence-electron chi connectivity index (χ3n) is 3.80. The van der Waals surface area contributed by atoms with Gasteiger partial charge in [-0.3, -0.25) is 9.69 Å². The Labute approximate surface area is 134 Å². The van der Waals surface area contributed by atoms with Crippen LogP contribution in [0.5, 0.6) is 0 Å². The molecule has 0 spiro atoms. The van der Waals surface area contributed by atoms with Crippen LogP contribution >= 0.6 is 0 Å². The van der Waals surface area contributed by atoms with Gasteiger partial charge in [-0.1, -0.05) is 5.16 Å². The van der Waals surface area contributed by atoms with Gasteiger partial charge in [0.05, 0.1) is 26.3 Å². The van der Waals surface area contributed by atoms with Crippen molar-refractivity contribution in [2.75, 3.05) is 33.4 Å². The molecule has 3 heterocycles. The van der Waals surface area contributed by atoms with Crippen LogP contribution in [0.3, 0.4) is 0 Å². The minimum Gasteiger partial charge on any atom is -0.464 e. The van der Waals surface area contributed by atoms with Crippen molar-refractivity contribution < 1.29 is 18.5 Å². The number of aromatic nitrogens is 1. The molecule has 1 aliphatic rings. The fourth-order valence-electron chi connectivity index (χ4n) is 2.54. The SMILES string of the molecule is Cc1ccc(CN(C)C(=O)c2cc(CN3CCOCC3)on2)o1. The van der Waals surface area contributed by atoms with E-state index in [4.69, 9.17) is 13.7 Å². The van der Waals surface area contributed by atoms with Gasteiger partial charge in [-0.15, -0.1) is 0 Å². The van der Waals surface area contributed by atoms with E-state index in [2.05, 4.69) is 10.1 Å². The minimum absolute atomic E-state index is 0.184. The van der Waals surface area contributed by atoms with E-state index in [0.717, 1.165) is 37.8 Å². The van der Waals surface area contributed by atoms with Crippen LogP contribution in [0.1, 0.15) is 27.8 Å². The molecule has 7 nitrogen and oxygen atoms in total. The van der Waals surface area contributed by atoms with Crippen molar-refractivity contribution in [3.8, 4) is 0 Å². The van der Waals surface area contributed by atoms with E-state index in [0.29, 0.717) is 24.5 Å². The largest absolute Gasteiger partial charge is 0.464 e. The van der Waals surface area contributed by atoms with Crippen LogP contribution in [0.25, 0.3) is 0 Å². The standard InChI is InChI=1S/C16H21N3O4/c1-12-3-4-13(22-12)10-18(2)16(20)15-9-14(23-17-15)11-19-5-7-21-8-6-19/h3-4,9H,5-8,10-11H2,1-2H3. The van der Waals surface area contributed by atoms with Gasteiger partial charge in [-0.25, -0.2) is 0 Å². The highest BCUT2D eigenvalue weighted by Gasteiger charge is 2.20. The second-order valence-electron chi connectivity index (χ2n) is 5.74. The maximum atomic E-state index is 12.4. The second kappa shape index (κ2) is 6.97. The molecule has 0 aliphatic carbocycles. The van der Waals surface area contributed by atoms with E-state index in [1.165, 1.54) is 0 Å². The monoisotopic (exact) mass is 319 g/mol. The maximum absolute atomic E-state index is 12.4. The molecule has 0 radical (unpaired) electrons. The molecule has 0 bridgehead atoms. The molecule has 0 N–H and O–H groups in total. The Hall–Kier alpha value is -2.12. The molecule has 3 rings (SSSR count). The molecular formula is C16H21N3O4. The lowest BCUT2D eigenvalue weighted by molar-refractivity contribution is 0.0305. The fraction of sp³-hybridized carbons (Fsp3) is 0.500. The predicted molar refractivity (Wildman–Crippen MR) is 81.8 cm³/mol. The number of aryl methyl sites for hydroxylation is 1. The first-order valence-electron chi connectivity index (χ1n) is 7.68. The van der Waals surface area contributed by atoms with Crippen LogP contribution in [0.2, 0.25) is 0 Å². The third kappa shape index (κ3) is 4.00. The number of hydrogen-bond donors (Lipinski definition) is 0. The summed E-state index contributed by atoms with van der Waals surface area (Å²) < 4.78 is 16.1. The lowest BCUT2D eigenvalue weighted by Crippen LogP contribution is -2.35. The normalized spacial score (nSPS) is 15.7. The summed E-state index contributed by atoms with van der Waals surface area (Å²) in [5, 5.41) is 3.89. The molecule has 0 atom stereocenters. The Morgan fingerprint density at radius 1 is 1.30 bits per heavy atom. The van der Waals surface area contributed by atoms with Crippen molar-refractivity contribution in [3.63, 3.8) is 0 Å². The Bertz CT molecular complexity index is 658. The van der Waals surface area contributed by atoms with Crippen LogP contribution in [-0.4, -0.2) is 54.2 Å². The van der Waals surface area contributed by atoms with Gasteiger partial charge in [0.1, 0.15) is 11.5 Å². The average Bonchev–Trinajstić information content (AvgIpc) is 3.17. The van der Waals surface area contributed by atoms with Gasteiger partial charge in [0.25, 0.3) is 5.91 Å².